The predicted octanol–water partition coefficient (Wildman–Crippen LogP) is 9.32. The minimum atomic E-state index is 1.04. The number of likely N-dealkylation sites (tertiary alicyclic amines) is 1. The van der Waals surface area contributed by atoms with E-state index in [1.54, 1.807) is 0 Å². The van der Waals surface area contributed by atoms with Gasteiger partial charge in [0.1, 0.15) is 0 Å². The minimum absolute atomic E-state index is 1.04. The van der Waals surface area contributed by atoms with Gasteiger partial charge in [-0.1, -0.05) is 109 Å². The maximum absolute atomic E-state index is 2.74. The molecule has 1 fully saturated rings. The molecule has 1 rings (SSSR count). The van der Waals surface area contributed by atoms with Crippen LogP contribution < -0.4 is 0 Å². The summed E-state index contributed by atoms with van der Waals surface area (Å²) in [6.07, 6.45) is 33.3. The first-order valence-electron chi connectivity index (χ1n) is 13.7. The zero-order valence-corrected chi connectivity index (χ0v) is 20.4. The van der Waals surface area contributed by atoms with Gasteiger partial charge < -0.3 is 4.90 Å². The lowest BCUT2D eigenvalue weighted by molar-refractivity contribution is 0.174. The summed E-state index contributed by atoms with van der Waals surface area (Å²) >= 11 is 0. The number of hydrogen-bond donors (Lipinski definition) is 0. The number of allylic oxidation sites excluding steroid dienone is 2. The molecule has 0 N–H and O–H groups in total. The van der Waals surface area contributed by atoms with Crippen LogP contribution in [0.2, 0.25) is 0 Å². The Morgan fingerprint density at radius 2 is 1.07 bits per heavy atom. The molecule has 0 bridgehead atoms. The van der Waals surface area contributed by atoms with Crippen molar-refractivity contribution in [2.24, 2.45) is 5.92 Å². The second-order valence-corrected chi connectivity index (χ2v) is 9.72. The Labute approximate surface area is 185 Å². The molecule has 1 saturated heterocycles. The molecule has 1 heterocycles. The first-order valence-corrected chi connectivity index (χ1v) is 13.7. The fourth-order valence-corrected chi connectivity index (χ4v) is 4.76. The van der Waals surface area contributed by atoms with Crippen molar-refractivity contribution in [1.82, 2.24) is 4.90 Å². The Bertz CT molecular complexity index is 340. The second kappa shape index (κ2) is 21.0. The average Bonchev–Trinajstić information content (AvgIpc) is 2.74. The van der Waals surface area contributed by atoms with Crippen LogP contribution in [-0.4, -0.2) is 24.5 Å². The fraction of sp³-hybridized carbons (Fsp3) is 0.929. The molecule has 1 heteroatoms. The zero-order valence-electron chi connectivity index (χ0n) is 20.4. The molecule has 29 heavy (non-hydrogen) atoms. The second-order valence-electron chi connectivity index (χ2n) is 9.72. The van der Waals surface area contributed by atoms with Crippen molar-refractivity contribution in [1.29, 1.82) is 0 Å². The van der Waals surface area contributed by atoms with Crippen LogP contribution >= 0.6 is 0 Å². The van der Waals surface area contributed by atoms with Crippen molar-refractivity contribution in [2.45, 2.75) is 142 Å². The van der Waals surface area contributed by atoms with Gasteiger partial charge in [0.2, 0.25) is 0 Å². The van der Waals surface area contributed by atoms with Crippen molar-refractivity contribution in [3.05, 3.63) is 12.2 Å². The van der Waals surface area contributed by atoms with E-state index in [1.807, 2.05) is 0 Å². The van der Waals surface area contributed by atoms with Gasteiger partial charge in [0.05, 0.1) is 0 Å². The molecule has 0 spiro atoms. The molecule has 0 aromatic carbocycles. The lowest BCUT2D eigenvalue weighted by atomic mass is 9.91. The van der Waals surface area contributed by atoms with Crippen molar-refractivity contribution < 1.29 is 0 Å². The lowest BCUT2D eigenvalue weighted by Gasteiger charge is -2.32. The molecule has 0 saturated carbocycles. The van der Waals surface area contributed by atoms with Gasteiger partial charge >= 0.3 is 0 Å². The van der Waals surface area contributed by atoms with Gasteiger partial charge in [-0.25, -0.2) is 0 Å². The average molecular weight is 406 g/mol. The Balaban J connectivity index is 1.78. The fourth-order valence-electron chi connectivity index (χ4n) is 4.76. The van der Waals surface area contributed by atoms with Crippen LogP contribution in [0, 0.1) is 5.92 Å². The number of rotatable bonds is 20. The highest BCUT2D eigenvalue weighted by Crippen LogP contribution is 2.23. The highest BCUT2D eigenvalue weighted by Gasteiger charge is 2.18. The van der Waals surface area contributed by atoms with Crippen molar-refractivity contribution in [3.63, 3.8) is 0 Å². The summed E-state index contributed by atoms with van der Waals surface area (Å²) in [5, 5.41) is 0. The smallest absolute Gasteiger partial charge is 0.00161 e. The Hall–Kier alpha value is -0.300. The molecule has 1 aliphatic heterocycles. The van der Waals surface area contributed by atoms with Gasteiger partial charge in [-0.15, -0.1) is 0 Å². The van der Waals surface area contributed by atoms with E-state index in [9.17, 15) is 0 Å². The van der Waals surface area contributed by atoms with Gasteiger partial charge in [0, 0.05) is 0 Å². The number of unbranched alkanes of at least 4 members (excludes halogenated alkanes) is 14. The number of hydrogen-bond acceptors (Lipinski definition) is 1. The third-order valence-electron chi connectivity index (χ3n) is 6.91. The summed E-state index contributed by atoms with van der Waals surface area (Å²) in [6, 6.07) is 0. The molecule has 0 atom stereocenters. The molecular formula is C28H55N. The maximum Gasteiger partial charge on any atom is -0.00161 e. The molecule has 0 aromatic rings. The summed E-state index contributed by atoms with van der Waals surface area (Å²) in [5.41, 5.74) is 0. The molecule has 1 aliphatic rings. The highest BCUT2D eigenvalue weighted by atomic mass is 15.1. The molecule has 0 unspecified atom stereocenters. The van der Waals surface area contributed by atoms with Crippen molar-refractivity contribution in [3.8, 4) is 0 Å². The molecule has 172 valence electrons. The molecule has 0 radical (unpaired) electrons. The molecular weight excluding hydrogens is 350 g/mol. The predicted molar refractivity (Wildman–Crippen MR) is 133 cm³/mol. The van der Waals surface area contributed by atoms with E-state index >= 15 is 0 Å². The van der Waals surface area contributed by atoms with E-state index < -0.39 is 0 Å². The number of piperidine rings is 1. The molecule has 0 amide bonds. The van der Waals surface area contributed by atoms with Crippen molar-refractivity contribution in [2.75, 3.05) is 19.6 Å². The highest BCUT2D eigenvalue weighted by molar-refractivity contribution is 4.81. The van der Waals surface area contributed by atoms with Crippen LogP contribution in [0.5, 0.6) is 0 Å². The lowest BCUT2D eigenvalue weighted by Crippen LogP contribution is -2.34. The Morgan fingerprint density at radius 3 is 1.66 bits per heavy atom. The van der Waals surface area contributed by atoms with Crippen LogP contribution in [0.1, 0.15) is 142 Å². The van der Waals surface area contributed by atoms with Gasteiger partial charge in [-0.3, -0.25) is 0 Å². The van der Waals surface area contributed by atoms with Gasteiger partial charge in [0.15, 0.2) is 0 Å². The van der Waals surface area contributed by atoms with E-state index in [4.69, 9.17) is 0 Å². The summed E-state index contributed by atoms with van der Waals surface area (Å²) in [4.78, 5) is 2.74. The molecule has 0 aromatic heterocycles. The maximum atomic E-state index is 2.74. The SMILES string of the molecule is CCCCCCCC/C=C\CCCCCCCCN1CCC(CCCCC)CC1. The van der Waals surface area contributed by atoms with E-state index in [1.165, 1.54) is 148 Å². The van der Waals surface area contributed by atoms with Gasteiger partial charge in [-0.05, 0) is 70.5 Å². The van der Waals surface area contributed by atoms with Gasteiger partial charge in [0.25, 0.3) is 0 Å². The minimum Gasteiger partial charge on any atom is -0.303 e. The Kier molecular flexibility index (Phi) is 19.3. The third-order valence-corrected chi connectivity index (χ3v) is 6.91. The van der Waals surface area contributed by atoms with Crippen LogP contribution in [0.4, 0.5) is 0 Å². The topological polar surface area (TPSA) is 3.24 Å². The van der Waals surface area contributed by atoms with Crippen LogP contribution in [0.3, 0.4) is 0 Å². The normalized spacial score (nSPS) is 16.2. The van der Waals surface area contributed by atoms with Crippen LogP contribution in [0.15, 0.2) is 12.2 Å². The van der Waals surface area contributed by atoms with E-state index in [0.29, 0.717) is 0 Å². The summed E-state index contributed by atoms with van der Waals surface area (Å²) in [6.45, 7) is 8.73. The third kappa shape index (κ3) is 17.1. The first kappa shape index (κ1) is 26.7. The summed E-state index contributed by atoms with van der Waals surface area (Å²) in [5.74, 6) is 1.04. The van der Waals surface area contributed by atoms with Crippen LogP contribution in [-0.2, 0) is 0 Å². The number of nitrogens with zero attached hydrogens (tertiary/aromatic N) is 1. The van der Waals surface area contributed by atoms with Gasteiger partial charge in [-0.2, -0.15) is 0 Å². The molecule has 0 aliphatic carbocycles. The van der Waals surface area contributed by atoms with Crippen LogP contribution in [0.25, 0.3) is 0 Å². The standard InChI is InChI=1S/C28H55N/c1-3-5-7-8-9-10-11-12-13-14-15-16-17-18-19-21-25-29-26-23-28(24-27-29)22-20-6-4-2/h12-13,28H,3-11,14-27H2,1-2H3/b13-12-. The first-order chi connectivity index (χ1) is 14.4. The quantitative estimate of drug-likeness (QED) is 0.144. The summed E-state index contributed by atoms with van der Waals surface area (Å²) < 4.78 is 0. The van der Waals surface area contributed by atoms with E-state index in [2.05, 4.69) is 30.9 Å². The molecule has 1 nitrogen and oxygen atoms in total. The monoisotopic (exact) mass is 405 g/mol. The van der Waals surface area contributed by atoms with E-state index in [0.717, 1.165) is 5.92 Å². The van der Waals surface area contributed by atoms with Crippen molar-refractivity contribution >= 4 is 0 Å². The largest absolute Gasteiger partial charge is 0.303 e. The zero-order chi connectivity index (χ0) is 20.8. The summed E-state index contributed by atoms with van der Waals surface area (Å²) in [7, 11) is 0. The Morgan fingerprint density at radius 1 is 0.586 bits per heavy atom. The van der Waals surface area contributed by atoms with E-state index in [-0.39, 0.29) is 0 Å².